The molecule has 1 aromatic rings. The molecule has 1 atom stereocenters. The number of amides is 1. The lowest BCUT2D eigenvalue weighted by molar-refractivity contribution is -0.116. The molecule has 2 saturated heterocycles. The third kappa shape index (κ3) is 3.31. The number of rotatable bonds is 1. The maximum Gasteiger partial charge on any atom is 0.223 e. The number of thiocarbonyl (C=S) groups is 1. The molecule has 3 aliphatic rings. The van der Waals surface area contributed by atoms with Gasteiger partial charge >= 0.3 is 0 Å². The van der Waals surface area contributed by atoms with E-state index >= 15 is 0 Å². The summed E-state index contributed by atoms with van der Waals surface area (Å²) in [7, 11) is 0. The topological polar surface area (TPSA) is 64.1 Å². The monoisotopic (exact) mass is 372 g/mol. The molecule has 1 amide bonds. The van der Waals surface area contributed by atoms with Gasteiger partial charge in [-0.2, -0.15) is 5.10 Å². The molecular weight excluding hydrogens is 348 g/mol. The van der Waals surface area contributed by atoms with Crippen molar-refractivity contribution >= 4 is 34.6 Å². The molecule has 4 rings (SSSR count). The molecule has 0 radical (unpaired) electrons. The van der Waals surface area contributed by atoms with Crippen LogP contribution in [-0.4, -0.2) is 70.3 Å². The van der Waals surface area contributed by atoms with Gasteiger partial charge in [0.2, 0.25) is 5.91 Å². The molecule has 0 aromatic carbocycles. The molecule has 0 spiro atoms. The first kappa shape index (κ1) is 17.4. The van der Waals surface area contributed by atoms with Crippen molar-refractivity contribution in [2.75, 3.05) is 37.6 Å². The fraction of sp³-hybridized carbons (Fsp3) is 0.556. The molecule has 0 bridgehead atoms. The third-order valence-corrected chi connectivity index (χ3v) is 5.81. The van der Waals surface area contributed by atoms with E-state index in [1.165, 1.54) is 19.4 Å². The van der Waals surface area contributed by atoms with E-state index in [2.05, 4.69) is 25.3 Å². The first-order valence-electron chi connectivity index (χ1n) is 9.22. The zero-order valence-electron chi connectivity index (χ0n) is 15.0. The number of pyridine rings is 1. The number of nitrogens with one attached hydrogen (secondary N) is 1. The Bertz CT molecular complexity index is 751. The van der Waals surface area contributed by atoms with Crippen molar-refractivity contribution in [1.29, 1.82) is 0 Å². The van der Waals surface area contributed by atoms with Gasteiger partial charge in [-0.1, -0.05) is 0 Å². The second kappa shape index (κ2) is 7.28. The molecular formula is C18H24N6OS. The first-order chi connectivity index (χ1) is 12.6. The van der Waals surface area contributed by atoms with Crippen molar-refractivity contribution in [3.63, 3.8) is 0 Å². The number of carbonyl (C=O) groups excluding carboxylic acids is 1. The molecule has 26 heavy (non-hydrogen) atoms. The molecule has 1 unspecified atom stereocenters. The van der Waals surface area contributed by atoms with E-state index in [0.29, 0.717) is 24.1 Å². The number of hydrogen-bond donors (Lipinski definition) is 1. The highest BCUT2D eigenvalue weighted by atomic mass is 32.1. The van der Waals surface area contributed by atoms with Crippen molar-refractivity contribution in [1.82, 2.24) is 20.2 Å². The van der Waals surface area contributed by atoms with Gasteiger partial charge in [0.25, 0.3) is 0 Å². The van der Waals surface area contributed by atoms with Crippen LogP contribution in [-0.2, 0) is 4.79 Å². The van der Waals surface area contributed by atoms with E-state index < -0.39 is 0 Å². The third-order valence-electron chi connectivity index (χ3n) is 5.46. The number of hydrogen-bond acceptors (Lipinski definition) is 5. The second-order valence-electron chi connectivity index (χ2n) is 7.05. The lowest BCUT2D eigenvalue weighted by Crippen LogP contribution is -2.54. The Hall–Kier alpha value is -2.06. The Morgan fingerprint density at radius 1 is 1.35 bits per heavy atom. The average molecular weight is 372 g/mol. The highest BCUT2D eigenvalue weighted by Crippen LogP contribution is 2.25. The molecule has 0 aliphatic carbocycles. The Morgan fingerprint density at radius 3 is 3.08 bits per heavy atom. The zero-order chi connectivity index (χ0) is 18.1. The summed E-state index contributed by atoms with van der Waals surface area (Å²) < 4.78 is 0. The van der Waals surface area contributed by atoms with Crippen molar-refractivity contribution < 1.29 is 4.79 Å². The van der Waals surface area contributed by atoms with Gasteiger partial charge in [0.15, 0.2) is 5.11 Å². The Balaban J connectivity index is 1.46. The Labute approximate surface area is 159 Å². The Morgan fingerprint density at radius 2 is 2.23 bits per heavy atom. The molecule has 8 heteroatoms. The normalized spacial score (nSPS) is 24.3. The van der Waals surface area contributed by atoms with Gasteiger partial charge in [-0.25, -0.2) is 0 Å². The van der Waals surface area contributed by atoms with Crippen LogP contribution in [0.3, 0.4) is 0 Å². The minimum Gasteiger partial charge on any atom is -0.345 e. The predicted molar refractivity (Wildman–Crippen MR) is 105 cm³/mol. The number of hydrazone groups is 1. The van der Waals surface area contributed by atoms with E-state index in [4.69, 9.17) is 12.2 Å². The first-order valence-corrected chi connectivity index (χ1v) is 9.63. The van der Waals surface area contributed by atoms with E-state index in [9.17, 15) is 4.79 Å². The van der Waals surface area contributed by atoms with E-state index in [0.717, 1.165) is 36.7 Å². The average Bonchev–Trinajstić information content (AvgIpc) is 3.13. The Kier molecular flexibility index (Phi) is 4.86. The van der Waals surface area contributed by atoms with Gasteiger partial charge in [0.05, 0.1) is 11.4 Å². The molecule has 1 N–H and O–H groups in total. The summed E-state index contributed by atoms with van der Waals surface area (Å²) in [4.78, 5) is 22.8. The van der Waals surface area contributed by atoms with Gasteiger partial charge < -0.3 is 9.80 Å². The number of piperazine rings is 1. The highest BCUT2D eigenvalue weighted by Gasteiger charge is 2.31. The van der Waals surface area contributed by atoms with Crippen molar-refractivity contribution in [3.8, 4) is 0 Å². The van der Waals surface area contributed by atoms with Crippen LogP contribution in [0.4, 0.5) is 5.69 Å². The minimum atomic E-state index is 0.0243. The van der Waals surface area contributed by atoms with Crippen LogP contribution >= 0.6 is 12.2 Å². The standard InChI is InChI=1S/C18H24N6OS/c1-13(25)24-9-6-15(17-16(24)5-2-7-19-17)20-21-18(26)23-11-10-22-8-3-4-14(22)12-23/h2,5,7,14H,3-4,6,8-12H2,1H3,(H,21,26)/b20-15-. The summed E-state index contributed by atoms with van der Waals surface area (Å²) in [5, 5.41) is 5.23. The summed E-state index contributed by atoms with van der Waals surface area (Å²) in [6.07, 6.45) is 4.94. The van der Waals surface area contributed by atoms with Crippen LogP contribution in [0.25, 0.3) is 0 Å². The van der Waals surface area contributed by atoms with Crippen LogP contribution < -0.4 is 10.3 Å². The summed E-state index contributed by atoms with van der Waals surface area (Å²) in [5.41, 5.74) is 5.49. The molecule has 4 heterocycles. The van der Waals surface area contributed by atoms with E-state index in [1.807, 2.05) is 12.1 Å². The summed E-state index contributed by atoms with van der Waals surface area (Å²) >= 11 is 5.57. The SMILES string of the molecule is CC(=O)N1CC/C(=N/NC(=S)N2CCN3CCCC3C2)c2ncccc21. The van der Waals surface area contributed by atoms with Crippen LogP contribution in [0.1, 0.15) is 31.9 Å². The van der Waals surface area contributed by atoms with Crippen LogP contribution in [0, 0.1) is 0 Å². The van der Waals surface area contributed by atoms with Crippen LogP contribution in [0.2, 0.25) is 0 Å². The lowest BCUT2D eigenvalue weighted by atomic mass is 10.1. The largest absolute Gasteiger partial charge is 0.345 e. The van der Waals surface area contributed by atoms with Crippen molar-refractivity contribution in [2.45, 2.75) is 32.2 Å². The zero-order valence-corrected chi connectivity index (χ0v) is 15.8. The van der Waals surface area contributed by atoms with Gasteiger partial charge in [0, 0.05) is 51.8 Å². The molecule has 7 nitrogen and oxygen atoms in total. The quantitative estimate of drug-likeness (QED) is 0.590. The number of fused-ring (bicyclic) bond motifs is 2. The molecule has 1 aromatic heterocycles. The van der Waals surface area contributed by atoms with Gasteiger partial charge in [-0.05, 0) is 43.7 Å². The smallest absolute Gasteiger partial charge is 0.223 e. The number of carbonyl (C=O) groups is 1. The number of nitrogens with zero attached hydrogens (tertiary/aromatic N) is 5. The number of anilines is 1. The van der Waals surface area contributed by atoms with Gasteiger partial charge in [-0.3, -0.25) is 20.1 Å². The van der Waals surface area contributed by atoms with E-state index in [1.54, 1.807) is 18.0 Å². The van der Waals surface area contributed by atoms with E-state index in [-0.39, 0.29) is 5.91 Å². The molecule has 138 valence electrons. The highest BCUT2D eigenvalue weighted by molar-refractivity contribution is 7.80. The number of aromatic nitrogens is 1. The molecule has 0 saturated carbocycles. The summed E-state index contributed by atoms with van der Waals surface area (Å²) in [5.74, 6) is 0.0243. The molecule has 3 aliphatic heterocycles. The van der Waals surface area contributed by atoms with Crippen LogP contribution in [0.15, 0.2) is 23.4 Å². The second-order valence-corrected chi connectivity index (χ2v) is 7.43. The minimum absolute atomic E-state index is 0.0243. The molecule has 2 fully saturated rings. The predicted octanol–water partition coefficient (Wildman–Crippen LogP) is 1.20. The van der Waals surface area contributed by atoms with Crippen LogP contribution in [0.5, 0.6) is 0 Å². The van der Waals surface area contributed by atoms with Crippen molar-refractivity contribution in [2.24, 2.45) is 5.10 Å². The van der Waals surface area contributed by atoms with Gasteiger partial charge in [0.1, 0.15) is 5.69 Å². The van der Waals surface area contributed by atoms with Gasteiger partial charge in [-0.15, -0.1) is 0 Å². The summed E-state index contributed by atoms with van der Waals surface area (Å²) in [6, 6.07) is 4.38. The fourth-order valence-corrected chi connectivity index (χ4v) is 4.30. The lowest BCUT2D eigenvalue weighted by Gasteiger charge is -2.38. The summed E-state index contributed by atoms with van der Waals surface area (Å²) in [6.45, 7) is 6.40. The fourth-order valence-electron chi connectivity index (χ4n) is 4.09. The maximum absolute atomic E-state index is 11.8. The van der Waals surface area contributed by atoms with Crippen molar-refractivity contribution in [3.05, 3.63) is 24.0 Å². The maximum atomic E-state index is 11.8.